The number of nitrogens with two attached hydrogens (primary N) is 1. The van der Waals surface area contributed by atoms with Gasteiger partial charge in [-0.3, -0.25) is 0 Å². The normalized spacial score (nSPS) is 11.1. The number of hydrogen-bond acceptors (Lipinski definition) is 4. The fourth-order valence-electron chi connectivity index (χ4n) is 1.10. The van der Waals surface area contributed by atoms with E-state index in [1.165, 1.54) is 0 Å². The second kappa shape index (κ2) is 5.80. The summed E-state index contributed by atoms with van der Waals surface area (Å²) < 4.78 is 10.7. The van der Waals surface area contributed by atoms with E-state index in [2.05, 4.69) is 4.90 Å². The molecule has 0 aromatic carbocycles. The van der Waals surface area contributed by atoms with E-state index >= 15 is 0 Å². The second-order valence-corrected chi connectivity index (χ2v) is 3.43. The van der Waals surface area contributed by atoms with Crippen molar-refractivity contribution in [2.45, 2.75) is 13.2 Å². The van der Waals surface area contributed by atoms with Gasteiger partial charge in [-0.05, 0) is 20.2 Å². The third-order valence-electron chi connectivity index (χ3n) is 1.96. The van der Waals surface area contributed by atoms with Crippen LogP contribution in [0.3, 0.4) is 0 Å². The first-order chi connectivity index (χ1) is 6.74. The number of ether oxygens (including phenoxy) is 1. The Morgan fingerprint density at radius 3 is 2.93 bits per heavy atom. The molecule has 0 aliphatic rings. The van der Waals surface area contributed by atoms with Crippen molar-refractivity contribution in [1.82, 2.24) is 4.90 Å². The van der Waals surface area contributed by atoms with Crippen LogP contribution >= 0.6 is 0 Å². The first kappa shape index (κ1) is 11.2. The monoisotopic (exact) mass is 198 g/mol. The van der Waals surface area contributed by atoms with Gasteiger partial charge in [0.2, 0.25) is 0 Å². The van der Waals surface area contributed by atoms with Gasteiger partial charge in [-0.25, -0.2) is 0 Å². The zero-order chi connectivity index (χ0) is 10.4. The topological polar surface area (TPSA) is 51.6 Å². The first-order valence-electron chi connectivity index (χ1n) is 4.72. The van der Waals surface area contributed by atoms with Crippen molar-refractivity contribution in [2.75, 3.05) is 27.2 Å². The predicted molar refractivity (Wildman–Crippen MR) is 54.8 cm³/mol. The molecule has 1 heterocycles. The van der Waals surface area contributed by atoms with E-state index in [0.717, 1.165) is 24.5 Å². The summed E-state index contributed by atoms with van der Waals surface area (Å²) in [5.41, 5.74) is 6.54. The summed E-state index contributed by atoms with van der Waals surface area (Å²) >= 11 is 0. The largest absolute Gasteiger partial charge is 0.468 e. The average Bonchev–Trinajstić information content (AvgIpc) is 2.59. The molecular weight excluding hydrogens is 180 g/mol. The molecule has 0 aliphatic carbocycles. The molecule has 0 fully saturated rings. The van der Waals surface area contributed by atoms with E-state index in [0.29, 0.717) is 13.2 Å². The van der Waals surface area contributed by atoms with Gasteiger partial charge in [-0.15, -0.1) is 0 Å². The molecule has 14 heavy (non-hydrogen) atoms. The molecular formula is C10H18N2O2. The van der Waals surface area contributed by atoms with Crippen LogP contribution in [0.4, 0.5) is 0 Å². The lowest BCUT2D eigenvalue weighted by Crippen LogP contribution is -2.18. The van der Waals surface area contributed by atoms with Crippen molar-refractivity contribution in [3.8, 4) is 0 Å². The summed E-state index contributed by atoms with van der Waals surface area (Å²) in [4.78, 5) is 2.08. The van der Waals surface area contributed by atoms with Crippen LogP contribution in [0.2, 0.25) is 0 Å². The molecule has 0 aliphatic heterocycles. The van der Waals surface area contributed by atoms with E-state index in [1.54, 1.807) is 6.26 Å². The van der Waals surface area contributed by atoms with Crippen LogP contribution in [0.1, 0.15) is 11.3 Å². The maximum Gasteiger partial charge on any atom is 0.122 e. The van der Waals surface area contributed by atoms with Gasteiger partial charge in [-0.1, -0.05) is 0 Å². The van der Waals surface area contributed by atoms with Crippen molar-refractivity contribution in [3.05, 3.63) is 23.7 Å². The third kappa shape index (κ3) is 3.49. The Hall–Kier alpha value is -0.840. The van der Waals surface area contributed by atoms with Crippen LogP contribution in [-0.2, 0) is 17.9 Å². The predicted octanol–water partition coefficient (Wildman–Crippen LogP) is 0.816. The van der Waals surface area contributed by atoms with E-state index in [4.69, 9.17) is 14.9 Å². The Morgan fingerprint density at radius 1 is 1.50 bits per heavy atom. The Balaban J connectivity index is 2.24. The molecule has 4 heteroatoms. The molecule has 0 amide bonds. The van der Waals surface area contributed by atoms with Crippen LogP contribution in [0.25, 0.3) is 0 Å². The van der Waals surface area contributed by atoms with E-state index in [9.17, 15) is 0 Å². The number of furan rings is 1. The zero-order valence-electron chi connectivity index (χ0n) is 8.82. The number of likely N-dealkylation sites (N-methyl/N-ethyl adjacent to an activating group) is 1. The lowest BCUT2D eigenvalue weighted by molar-refractivity contribution is 0.104. The lowest BCUT2D eigenvalue weighted by atomic mass is 10.2. The summed E-state index contributed by atoms with van der Waals surface area (Å²) in [5, 5.41) is 0. The molecule has 4 nitrogen and oxygen atoms in total. The molecule has 2 N–H and O–H groups in total. The first-order valence-corrected chi connectivity index (χ1v) is 4.72. The minimum Gasteiger partial charge on any atom is -0.468 e. The van der Waals surface area contributed by atoms with Crippen LogP contribution in [-0.4, -0.2) is 32.1 Å². The summed E-state index contributed by atoms with van der Waals surface area (Å²) in [6.07, 6.45) is 1.65. The van der Waals surface area contributed by atoms with Crippen molar-refractivity contribution >= 4 is 0 Å². The molecule has 1 aromatic rings. The van der Waals surface area contributed by atoms with Crippen molar-refractivity contribution in [2.24, 2.45) is 5.73 Å². The standard InChI is InChI=1S/C10H18N2O2/c1-12(2)4-6-13-8-9-3-5-14-10(9)7-11/h3,5H,4,6-8,11H2,1-2H3. The van der Waals surface area contributed by atoms with Gasteiger partial charge in [0.1, 0.15) is 5.76 Å². The Labute approximate surface area is 84.6 Å². The molecule has 80 valence electrons. The molecule has 0 atom stereocenters. The zero-order valence-corrected chi connectivity index (χ0v) is 8.82. The van der Waals surface area contributed by atoms with Gasteiger partial charge in [0, 0.05) is 12.1 Å². The Kier molecular flexibility index (Phi) is 4.65. The van der Waals surface area contributed by atoms with Crippen molar-refractivity contribution in [3.63, 3.8) is 0 Å². The highest BCUT2D eigenvalue weighted by Crippen LogP contribution is 2.10. The van der Waals surface area contributed by atoms with Crippen LogP contribution in [0.5, 0.6) is 0 Å². The summed E-state index contributed by atoms with van der Waals surface area (Å²) in [7, 11) is 4.04. The third-order valence-corrected chi connectivity index (χ3v) is 1.96. The van der Waals surface area contributed by atoms with Gasteiger partial charge >= 0.3 is 0 Å². The van der Waals surface area contributed by atoms with E-state index in [1.807, 2.05) is 20.2 Å². The van der Waals surface area contributed by atoms with Crippen LogP contribution < -0.4 is 5.73 Å². The fraction of sp³-hybridized carbons (Fsp3) is 0.600. The van der Waals surface area contributed by atoms with Gasteiger partial charge in [0.15, 0.2) is 0 Å². The van der Waals surface area contributed by atoms with Crippen LogP contribution in [0.15, 0.2) is 16.7 Å². The van der Waals surface area contributed by atoms with Crippen molar-refractivity contribution in [1.29, 1.82) is 0 Å². The van der Waals surface area contributed by atoms with Gasteiger partial charge in [0.05, 0.1) is 26.0 Å². The molecule has 0 saturated heterocycles. The van der Waals surface area contributed by atoms with Crippen LogP contribution in [0, 0.1) is 0 Å². The lowest BCUT2D eigenvalue weighted by Gasteiger charge is -2.09. The number of nitrogens with zero attached hydrogens (tertiary/aromatic N) is 1. The van der Waals surface area contributed by atoms with Gasteiger partial charge in [0.25, 0.3) is 0 Å². The number of rotatable bonds is 6. The summed E-state index contributed by atoms with van der Waals surface area (Å²) in [5.74, 6) is 0.815. The quantitative estimate of drug-likeness (QED) is 0.687. The van der Waals surface area contributed by atoms with Gasteiger partial charge < -0.3 is 19.8 Å². The molecule has 0 radical (unpaired) electrons. The minimum absolute atomic E-state index is 0.430. The molecule has 0 spiro atoms. The number of hydrogen-bond donors (Lipinski definition) is 1. The summed E-state index contributed by atoms with van der Waals surface area (Å²) in [6, 6.07) is 1.90. The van der Waals surface area contributed by atoms with Gasteiger partial charge in [-0.2, -0.15) is 0 Å². The Morgan fingerprint density at radius 2 is 2.29 bits per heavy atom. The highest BCUT2D eigenvalue weighted by Gasteiger charge is 2.03. The second-order valence-electron chi connectivity index (χ2n) is 3.43. The minimum atomic E-state index is 0.430. The van der Waals surface area contributed by atoms with E-state index < -0.39 is 0 Å². The Bertz CT molecular complexity index is 258. The molecule has 1 rings (SSSR count). The maximum absolute atomic E-state index is 5.49. The SMILES string of the molecule is CN(C)CCOCc1ccoc1CN. The summed E-state index contributed by atoms with van der Waals surface area (Å²) in [6.45, 7) is 2.66. The van der Waals surface area contributed by atoms with E-state index in [-0.39, 0.29) is 0 Å². The smallest absolute Gasteiger partial charge is 0.122 e. The fourth-order valence-corrected chi connectivity index (χ4v) is 1.10. The average molecular weight is 198 g/mol. The maximum atomic E-state index is 5.49. The molecule has 0 saturated carbocycles. The molecule has 0 unspecified atom stereocenters. The van der Waals surface area contributed by atoms with Crippen molar-refractivity contribution < 1.29 is 9.15 Å². The highest BCUT2D eigenvalue weighted by molar-refractivity contribution is 5.15. The molecule has 0 bridgehead atoms. The molecule has 1 aromatic heterocycles. The highest BCUT2D eigenvalue weighted by atomic mass is 16.5.